The molecule has 3 rings (SSSR count). The Morgan fingerprint density at radius 1 is 1.18 bits per heavy atom. The highest BCUT2D eigenvalue weighted by Gasteiger charge is 2.26. The molecule has 1 aromatic rings. The molecule has 152 valence electrons. The number of hydrogen-bond acceptors (Lipinski definition) is 4. The summed E-state index contributed by atoms with van der Waals surface area (Å²) < 4.78 is 0. The van der Waals surface area contributed by atoms with Crippen LogP contribution in [0, 0.1) is 0 Å². The number of likely N-dealkylation sites (tertiary alicyclic amines) is 1. The molecule has 0 aliphatic carbocycles. The van der Waals surface area contributed by atoms with E-state index in [1.165, 1.54) is 6.08 Å². The Labute approximate surface area is 175 Å². The summed E-state index contributed by atoms with van der Waals surface area (Å²) in [5.41, 5.74) is 0.778. The molecule has 1 atom stereocenters. The molecular formula is C20H25Cl2N3O3. The summed E-state index contributed by atoms with van der Waals surface area (Å²) in [6.45, 7) is 4.39. The summed E-state index contributed by atoms with van der Waals surface area (Å²) in [6.07, 6.45) is 4.62. The zero-order chi connectivity index (χ0) is 20.1. The molecule has 0 saturated carbocycles. The number of benzene rings is 1. The van der Waals surface area contributed by atoms with Crippen LogP contribution in [0.5, 0.6) is 0 Å². The van der Waals surface area contributed by atoms with Gasteiger partial charge in [0.1, 0.15) is 6.54 Å². The molecule has 28 heavy (non-hydrogen) atoms. The SMILES string of the molecule is O=C(/C=C/c1ccc(Cl)c(Cl)c1)N1CCN(CCCN2CCC(O)C2)C(=O)C1. The molecule has 0 aromatic heterocycles. The number of hydrogen-bond donors (Lipinski definition) is 1. The number of aliphatic hydroxyl groups is 1. The first-order valence-electron chi connectivity index (χ1n) is 9.52. The van der Waals surface area contributed by atoms with Gasteiger partial charge in [0.15, 0.2) is 0 Å². The minimum atomic E-state index is -0.215. The van der Waals surface area contributed by atoms with Crippen LogP contribution in [0.4, 0.5) is 0 Å². The van der Waals surface area contributed by atoms with E-state index in [0.29, 0.717) is 29.7 Å². The highest BCUT2D eigenvalue weighted by Crippen LogP contribution is 2.23. The van der Waals surface area contributed by atoms with E-state index in [1.807, 2.05) is 4.90 Å². The van der Waals surface area contributed by atoms with Crippen molar-refractivity contribution in [1.29, 1.82) is 0 Å². The molecule has 0 bridgehead atoms. The maximum absolute atomic E-state index is 12.4. The topological polar surface area (TPSA) is 64.1 Å². The molecule has 0 spiro atoms. The van der Waals surface area contributed by atoms with Gasteiger partial charge in [0, 0.05) is 38.8 Å². The summed E-state index contributed by atoms with van der Waals surface area (Å²) in [4.78, 5) is 30.3. The van der Waals surface area contributed by atoms with E-state index in [0.717, 1.165) is 38.0 Å². The van der Waals surface area contributed by atoms with E-state index < -0.39 is 0 Å². The third kappa shape index (κ3) is 5.70. The van der Waals surface area contributed by atoms with Crippen molar-refractivity contribution in [2.45, 2.75) is 18.9 Å². The summed E-state index contributed by atoms with van der Waals surface area (Å²) in [5.74, 6) is -0.214. The molecule has 1 aromatic carbocycles. The summed E-state index contributed by atoms with van der Waals surface area (Å²) >= 11 is 11.9. The molecule has 2 saturated heterocycles. The molecule has 8 heteroatoms. The van der Waals surface area contributed by atoms with Crippen LogP contribution in [0.15, 0.2) is 24.3 Å². The van der Waals surface area contributed by atoms with E-state index in [2.05, 4.69) is 4.90 Å². The second-order valence-corrected chi connectivity index (χ2v) is 8.06. The fourth-order valence-electron chi connectivity index (χ4n) is 3.52. The monoisotopic (exact) mass is 425 g/mol. The number of nitrogens with zero attached hydrogens (tertiary/aromatic N) is 3. The fourth-order valence-corrected chi connectivity index (χ4v) is 3.83. The molecule has 6 nitrogen and oxygen atoms in total. The van der Waals surface area contributed by atoms with Gasteiger partial charge in [0.2, 0.25) is 11.8 Å². The van der Waals surface area contributed by atoms with Crippen LogP contribution >= 0.6 is 23.2 Å². The van der Waals surface area contributed by atoms with Crippen LogP contribution in [0.25, 0.3) is 6.08 Å². The quantitative estimate of drug-likeness (QED) is 0.709. The lowest BCUT2D eigenvalue weighted by molar-refractivity contribution is -0.142. The zero-order valence-corrected chi connectivity index (χ0v) is 17.2. The lowest BCUT2D eigenvalue weighted by atomic mass is 10.2. The summed E-state index contributed by atoms with van der Waals surface area (Å²) in [7, 11) is 0. The Morgan fingerprint density at radius 3 is 2.68 bits per heavy atom. The number of aliphatic hydroxyl groups excluding tert-OH is 1. The van der Waals surface area contributed by atoms with Gasteiger partial charge in [-0.05, 0) is 43.2 Å². The average molecular weight is 426 g/mol. The smallest absolute Gasteiger partial charge is 0.247 e. The van der Waals surface area contributed by atoms with Gasteiger partial charge in [-0.1, -0.05) is 29.3 Å². The number of β-amino-alcohol motifs (C(OH)–C–C–N with tert-alkyl or cyclic N) is 1. The van der Waals surface area contributed by atoms with Crippen LogP contribution in [-0.2, 0) is 9.59 Å². The largest absolute Gasteiger partial charge is 0.392 e. The van der Waals surface area contributed by atoms with Crippen LogP contribution in [0.2, 0.25) is 10.0 Å². The van der Waals surface area contributed by atoms with Crippen LogP contribution in [0.3, 0.4) is 0 Å². The summed E-state index contributed by atoms with van der Waals surface area (Å²) in [5, 5.41) is 10.5. The van der Waals surface area contributed by atoms with E-state index in [4.69, 9.17) is 23.2 Å². The molecule has 1 N–H and O–H groups in total. The first kappa shape index (κ1) is 21.1. The van der Waals surface area contributed by atoms with Gasteiger partial charge < -0.3 is 19.8 Å². The third-order valence-electron chi connectivity index (χ3n) is 5.14. The Balaban J connectivity index is 1.43. The standard InChI is InChI=1S/C20H25Cl2N3O3/c21-17-4-2-15(12-18(17)22)3-5-19(27)25-11-10-24(20(28)14-25)8-1-7-23-9-6-16(26)13-23/h2-5,12,16,26H,1,6-11,13-14H2/b5-3+. The number of carbonyl (C=O) groups excluding carboxylic acids is 2. The lowest BCUT2D eigenvalue weighted by Crippen LogP contribution is -2.52. The number of rotatable bonds is 6. The van der Waals surface area contributed by atoms with Crippen molar-refractivity contribution in [3.63, 3.8) is 0 Å². The first-order valence-corrected chi connectivity index (χ1v) is 10.3. The van der Waals surface area contributed by atoms with Crippen molar-refractivity contribution < 1.29 is 14.7 Å². The van der Waals surface area contributed by atoms with Crippen molar-refractivity contribution in [3.05, 3.63) is 39.9 Å². The van der Waals surface area contributed by atoms with Crippen molar-refractivity contribution in [3.8, 4) is 0 Å². The first-order chi connectivity index (χ1) is 13.4. The van der Waals surface area contributed by atoms with Gasteiger partial charge in [-0.25, -0.2) is 0 Å². The molecule has 2 aliphatic rings. The molecule has 2 amide bonds. The van der Waals surface area contributed by atoms with Gasteiger partial charge >= 0.3 is 0 Å². The minimum Gasteiger partial charge on any atom is -0.392 e. The van der Waals surface area contributed by atoms with Gasteiger partial charge in [-0.3, -0.25) is 9.59 Å². The molecule has 2 heterocycles. The Bertz CT molecular complexity index is 756. The molecule has 2 fully saturated rings. The second kappa shape index (κ2) is 9.74. The van der Waals surface area contributed by atoms with E-state index in [9.17, 15) is 14.7 Å². The molecule has 2 aliphatic heterocycles. The molecular weight excluding hydrogens is 401 g/mol. The van der Waals surface area contributed by atoms with Gasteiger partial charge in [-0.2, -0.15) is 0 Å². The van der Waals surface area contributed by atoms with Crippen LogP contribution < -0.4 is 0 Å². The average Bonchev–Trinajstić information content (AvgIpc) is 3.09. The highest BCUT2D eigenvalue weighted by molar-refractivity contribution is 6.42. The fraction of sp³-hybridized carbons (Fsp3) is 0.500. The Kier molecular flexibility index (Phi) is 7.35. The number of amides is 2. The van der Waals surface area contributed by atoms with E-state index in [1.54, 1.807) is 29.2 Å². The van der Waals surface area contributed by atoms with Crippen molar-refractivity contribution in [2.75, 3.05) is 45.8 Å². The van der Waals surface area contributed by atoms with Crippen molar-refractivity contribution >= 4 is 41.1 Å². The van der Waals surface area contributed by atoms with Gasteiger partial charge in [0.05, 0.1) is 16.1 Å². The number of carbonyl (C=O) groups is 2. The normalized spacial score (nSPS) is 21.1. The van der Waals surface area contributed by atoms with Crippen LogP contribution in [0.1, 0.15) is 18.4 Å². The molecule has 0 radical (unpaired) electrons. The Morgan fingerprint density at radius 2 is 2.00 bits per heavy atom. The van der Waals surface area contributed by atoms with Gasteiger partial charge in [-0.15, -0.1) is 0 Å². The highest BCUT2D eigenvalue weighted by atomic mass is 35.5. The summed E-state index contributed by atoms with van der Waals surface area (Å²) in [6, 6.07) is 5.15. The van der Waals surface area contributed by atoms with Gasteiger partial charge in [0.25, 0.3) is 0 Å². The maximum atomic E-state index is 12.4. The van der Waals surface area contributed by atoms with E-state index in [-0.39, 0.29) is 24.5 Å². The van der Waals surface area contributed by atoms with Crippen molar-refractivity contribution in [2.24, 2.45) is 0 Å². The maximum Gasteiger partial charge on any atom is 0.247 e. The third-order valence-corrected chi connectivity index (χ3v) is 5.88. The Hall–Kier alpha value is -1.60. The number of halogens is 2. The predicted octanol–water partition coefficient (Wildman–Crippen LogP) is 2.13. The predicted molar refractivity (Wildman–Crippen MR) is 110 cm³/mol. The second-order valence-electron chi connectivity index (χ2n) is 7.24. The van der Waals surface area contributed by atoms with E-state index >= 15 is 0 Å². The molecule has 1 unspecified atom stereocenters. The lowest BCUT2D eigenvalue weighted by Gasteiger charge is -2.34. The van der Waals surface area contributed by atoms with Crippen LogP contribution in [-0.4, -0.2) is 83.5 Å². The number of piperazine rings is 1. The van der Waals surface area contributed by atoms with Crippen molar-refractivity contribution in [1.82, 2.24) is 14.7 Å². The minimum absolute atomic E-state index is 0.0241. The zero-order valence-electron chi connectivity index (χ0n) is 15.7.